The monoisotopic (exact) mass is 261 g/mol. The number of aromatic nitrogens is 5. The molecule has 2 aromatic rings. The molecule has 7 heteroatoms. The summed E-state index contributed by atoms with van der Waals surface area (Å²) in [5.74, 6) is 9.14. The third-order valence-electron chi connectivity index (χ3n) is 2.85. The van der Waals surface area contributed by atoms with Crippen LogP contribution in [0.15, 0.2) is 0 Å². The molecule has 3 N–H and O–H groups in total. The largest absolute Gasteiger partial charge is 0.308 e. The lowest BCUT2D eigenvalue weighted by Crippen LogP contribution is -2.16. The van der Waals surface area contributed by atoms with Crippen molar-refractivity contribution in [2.24, 2.45) is 5.84 Å². The first-order valence-electron chi connectivity index (χ1n) is 6.31. The summed E-state index contributed by atoms with van der Waals surface area (Å²) in [5, 5.41) is 4.36. The van der Waals surface area contributed by atoms with Crippen LogP contribution in [0.25, 0.3) is 5.82 Å². The number of anilines is 1. The molecule has 2 aromatic heterocycles. The van der Waals surface area contributed by atoms with Crippen molar-refractivity contribution in [3.63, 3.8) is 0 Å². The van der Waals surface area contributed by atoms with Crippen LogP contribution in [0, 0.1) is 20.8 Å². The molecule has 19 heavy (non-hydrogen) atoms. The van der Waals surface area contributed by atoms with Crippen LogP contribution in [0.2, 0.25) is 0 Å². The fraction of sp³-hybridized carbons (Fsp3) is 0.500. The molecule has 0 bridgehead atoms. The highest BCUT2D eigenvalue weighted by Crippen LogP contribution is 2.19. The fourth-order valence-electron chi connectivity index (χ4n) is 1.95. The van der Waals surface area contributed by atoms with E-state index in [1.807, 2.05) is 20.8 Å². The van der Waals surface area contributed by atoms with Crippen molar-refractivity contribution in [1.29, 1.82) is 0 Å². The standard InChI is InChI=1S/C12H19N7/c1-5-6-10-15-11(17-13)7(2)12(16-10)19-9(4)14-8(3)18-19/h5-6,13H2,1-4H3,(H,15,16,17). The first-order valence-corrected chi connectivity index (χ1v) is 6.31. The van der Waals surface area contributed by atoms with Gasteiger partial charge in [-0.1, -0.05) is 6.92 Å². The molecular formula is C12H19N7. The molecule has 0 saturated heterocycles. The quantitative estimate of drug-likeness (QED) is 0.634. The maximum atomic E-state index is 5.52. The van der Waals surface area contributed by atoms with E-state index >= 15 is 0 Å². The lowest BCUT2D eigenvalue weighted by Gasteiger charge is -2.12. The van der Waals surface area contributed by atoms with Crippen LogP contribution in [-0.4, -0.2) is 24.7 Å². The zero-order valence-electron chi connectivity index (χ0n) is 11.7. The minimum Gasteiger partial charge on any atom is -0.308 e. The number of nitrogens with one attached hydrogen (secondary N) is 1. The van der Waals surface area contributed by atoms with Gasteiger partial charge in [-0.3, -0.25) is 0 Å². The Morgan fingerprint density at radius 2 is 1.89 bits per heavy atom. The van der Waals surface area contributed by atoms with Crippen molar-refractivity contribution < 1.29 is 0 Å². The molecule has 0 saturated carbocycles. The summed E-state index contributed by atoms with van der Waals surface area (Å²) in [6.07, 6.45) is 1.77. The zero-order chi connectivity index (χ0) is 14.0. The Balaban J connectivity index is 2.60. The van der Waals surface area contributed by atoms with E-state index in [9.17, 15) is 0 Å². The Hall–Kier alpha value is -2.02. The lowest BCUT2D eigenvalue weighted by atomic mass is 10.2. The molecule has 0 aliphatic heterocycles. The first kappa shape index (κ1) is 13.4. The van der Waals surface area contributed by atoms with Crippen molar-refractivity contribution in [2.75, 3.05) is 5.43 Å². The highest BCUT2D eigenvalue weighted by molar-refractivity contribution is 5.50. The molecule has 2 heterocycles. The van der Waals surface area contributed by atoms with E-state index in [0.29, 0.717) is 5.82 Å². The number of rotatable bonds is 4. The second-order valence-corrected chi connectivity index (χ2v) is 4.45. The number of aryl methyl sites for hydroxylation is 3. The number of hydrogen-bond acceptors (Lipinski definition) is 6. The average Bonchev–Trinajstić information content (AvgIpc) is 2.70. The van der Waals surface area contributed by atoms with Gasteiger partial charge in [0, 0.05) is 12.0 Å². The van der Waals surface area contributed by atoms with Gasteiger partial charge in [-0.25, -0.2) is 20.8 Å². The van der Waals surface area contributed by atoms with E-state index in [0.717, 1.165) is 41.7 Å². The van der Waals surface area contributed by atoms with Crippen molar-refractivity contribution in [2.45, 2.75) is 40.5 Å². The predicted octanol–water partition coefficient (Wildman–Crippen LogP) is 1.22. The van der Waals surface area contributed by atoms with Crippen LogP contribution < -0.4 is 11.3 Å². The van der Waals surface area contributed by atoms with E-state index in [2.05, 4.69) is 32.4 Å². The van der Waals surface area contributed by atoms with Gasteiger partial charge in [0.15, 0.2) is 5.82 Å². The van der Waals surface area contributed by atoms with E-state index < -0.39 is 0 Å². The van der Waals surface area contributed by atoms with Gasteiger partial charge in [0.2, 0.25) is 0 Å². The van der Waals surface area contributed by atoms with Gasteiger partial charge in [0.05, 0.1) is 0 Å². The lowest BCUT2D eigenvalue weighted by molar-refractivity contribution is 0.757. The molecule has 0 radical (unpaired) electrons. The van der Waals surface area contributed by atoms with Gasteiger partial charge in [0.25, 0.3) is 0 Å². The Labute approximate surface area is 112 Å². The SMILES string of the molecule is CCCc1nc(NN)c(C)c(-n2nc(C)nc2C)n1. The zero-order valence-corrected chi connectivity index (χ0v) is 11.7. The normalized spacial score (nSPS) is 10.8. The molecule has 102 valence electrons. The van der Waals surface area contributed by atoms with Crippen molar-refractivity contribution >= 4 is 5.82 Å². The van der Waals surface area contributed by atoms with Crippen LogP contribution in [0.1, 0.15) is 36.4 Å². The molecule has 0 fully saturated rings. The van der Waals surface area contributed by atoms with Crippen LogP contribution in [0.3, 0.4) is 0 Å². The third kappa shape index (κ3) is 2.55. The molecule has 0 aromatic carbocycles. The van der Waals surface area contributed by atoms with Crippen LogP contribution in [0.4, 0.5) is 5.82 Å². The van der Waals surface area contributed by atoms with Gasteiger partial charge in [-0.05, 0) is 27.2 Å². The number of hydrazine groups is 1. The van der Waals surface area contributed by atoms with Crippen LogP contribution in [-0.2, 0) is 6.42 Å². The number of nitrogens with zero attached hydrogens (tertiary/aromatic N) is 5. The van der Waals surface area contributed by atoms with Gasteiger partial charge in [-0.2, -0.15) is 4.68 Å². The summed E-state index contributed by atoms with van der Waals surface area (Å²) in [6.45, 7) is 7.76. The van der Waals surface area contributed by atoms with Crippen molar-refractivity contribution in [1.82, 2.24) is 24.7 Å². The van der Waals surface area contributed by atoms with E-state index in [1.54, 1.807) is 4.68 Å². The summed E-state index contributed by atoms with van der Waals surface area (Å²) in [4.78, 5) is 13.3. The Morgan fingerprint density at radius 1 is 1.16 bits per heavy atom. The van der Waals surface area contributed by atoms with E-state index in [1.165, 1.54) is 0 Å². The fourth-order valence-corrected chi connectivity index (χ4v) is 1.95. The molecule has 0 spiro atoms. The highest BCUT2D eigenvalue weighted by atomic mass is 15.4. The topological polar surface area (TPSA) is 94.5 Å². The Kier molecular flexibility index (Phi) is 3.75. The number of hydrogen-bond donors (Lipinski definition) is 2. The van der Waals surface area contributed by atoms with E-state index in [4.69, 9.17) is 5.84 Å². The minimum absolute atomic E-state index is 0.626. The first-order chi connectivity index (χ1) is 9.06. The van der Waals surface area contributed by atoms with Crippen molar-refractivity contribution in [3.8, 4) is 5.82 Å². The van der Waals surface area contributed by atoms with Crippen LogP contribution >= 0.6 is 0 Å². The average molecular weight is 261 g/mol. The summed E-state index contributed by atoms with van der Waals surface area (Å²) in [7, 11) is 0. The van der Waals surface area contributed by atoms with Gasteiger partial charge in [-0.15, -0.1) is 5.10 Å². The molecular weight excluding hydrogens is 242 g/mol. The Morgan fingerprint density at radius 3 is 2.42 bits per heavy atom. The smallest absolute Gasteiger partial charge is 0.164 e. The maximum Gasteiger partial charge on any atom is 0.164 e. The summed E-state index contributed by atoms with van der Waals surface area (Å²) < 4.78 is 1.73. The van der Waals surface area contributed by atoms with E-state index in [-0.39, 0.29) is 0 Å². The summed E-state index contributed by atoms with van der Waals surface area (Å²) >= 11 is 0. The van der Waals surface area contributed by atoms with Gasteiger partial charge < -0.3 is 5.43 Å². The minimum atomic E-state index is 0.626. The molecule has 0 aliphatic rings. The predicted molar refractivity (Wildman–Crippen MR) is 73.0 cm³/mol. The van der Waals surface area contributed by atoms with Gasteiger partial charge in [0.1, 0.15) is 23.3 Å². The second kappa shape index (κ2) is 5.31. The van der Waals surface area contributed by atoms with Gasteiger partial charge >= 0.3 is 0 Å². The Bertz CT molecular complexity index is 588. The molecule has 0 aliphatic carbocycles. The maximum absolute atomic E-state index is 5.52. The number of nitrogen functional groups attached to an aromatic ring is 1. The summed E-state index contributed by atoms with van der Waals surface area (Å²) in [6, 6.07) is 0. The summed E-state index contributed by atoms with van der Waals surface area (Å²) in [5.41, 5.74) is 3.47. The highest BCUT2D eigenvalue weighted by Gasteiger charge is 2.15. The molecule has 0 amide bonds. The number of nitrogens with two attached hydrogens (primary N) is 1. The third-order valence-corrected chi connectivity index (χ3v) is 2.85. The van der Waals surface area contributed by atoms with Crippen LogP contribution in [0.5, 0.6) is 0 Å². The molecule has 0 unspecified atom stereocenters. The second-order valence-electron chi connectivity index (χ2n) is 4.45. The molecule has 2 rings (SSSR count). The molecule has 7 nitrogen and oxygen atoms in total. The molecule has 0 atom stereocenters. The van der Waals surface area contributed by atoms with Crippen molar-refractivity contribution in [3.05, 3.63) is 23.0 Å².